The zero-order valence-electron chi connectivity index (χ0n) is 12.8. The van der Waals surface area contributed by atoms with E-state index in [1.54, 1.807) is 18.2 Å². The molecule has 1 amide bonds. The number of nitro groups is 1. The van der Waals surface area contributed by atoms with E-state index in [2.05, 4.69) is 26.0 Å². The third kappa shape index (κ3) is 3.96. The smallest absolute Gasteiger partial charge is 0.338 e. The van der Waals surface area contributed by atoms with Gasteiger partial charge in [0.05, 0.1) is 17.6 Å². The first-order chi connectivity index (χ1) is 11.3. The fraction of sp³-hybridized carbons (Fsp3) is 0.125. The van der Waals surface area contributed by atoms with Crippen molar-refractivity contribution in [2.75, 3.05) is 12.4 Å². The highest BCUT2D eigenvalue weighted by molar-refractivity contribution is 9.10. The van der Waals surface area contributed by atoms with Gasteiger partial charge in [-0.3, -0.25) is 14.9 Å². The van der Waals surface area contributed by atoms with Gasteiger partial charge < -0.3 is 10.1 Å². The van der Waals surface area contributed by atoms with Crippen LogP contribution in [0.15, 0.2) is 40.9 Å². The second kappa shape index (κ2) is 7.22. The number of nitrogens with one attached hydrogen (secondary N) is 1. The molecule has 0 aliphatic rings. The number of hydrogen-bond donors (Lipinski definition) is 1. The molecule has 24 heavy (non-hydrogen) atoms. The molecule has 0 saturated heterocycles. The predicted molar refractivity (Wildman–Crippen MR) is 91.3 cm³/mol. The van der Waals surface area contributed by atoms with Crippen LogP contribution in [0.1, 0.15) is 26.3 Å². The van der Waals surface area contributed by atoms with Crippen LogP contribution in [0.4, 0.5) is 11.4 Å². The van der Waals surface area contributed by atoms with Crippen molar-refractivity contribution in [2.24, 2.45) is 0 Å². The van der Waals surface area contributed by atoms with E-state index in [-0.39, 0.29) is 16.8 Å². The van der Waals surface area contributed by atoms with Crippen LogP contribution < -0.4 is 5.32 Å². The van der Waals surface area contributed by atoms with Gasteiger partial charge in [0.25, 0.3) is 11.6 Å². The number of ether oxygens (including phenoxy) is 1. The van der Waals surface area contributed by atoms with Gasteiger partial charge in [0.15, 0.2) is 0 Å². The first kappa shape index (κ1) is 17.6. The summed E-state index contributed by atoms with van der Waals surface area (Å²) in [6.45, 7) is 1.86. The standard InChI is InChI=1S/C16H13BrN2O5/c1-9-5-12(3-4-14(9)17)18-15(20)10-6-11(16(21)24-2)8-13(7-10)19(22)23/h3-8H,1-2H3,(H,18,20). The number of halogens is 1. The molecule has 0 atom stereocenters. The number of rotatable bonds is 4. The molecule has 0 heterocycles. The van der Waals surface area contributed by atoms with Crippen LogP contribution in [0.2, 0.25) is 0 Å². The molecule has 8 heteroatoms. The number of nitro benzene ring substituents is 1. The van der Waals surface area contributed by atoms with Crippen LogP contribution in [-0.2, 0) is 4.74 Å². The molecular formula is C16H13BrN2O5. The summed E-state index contributed by atoms with van der Waals surface area (Å²) in [5.41, 5.74) is 1.01. The number of amides is 1. The highest BCUT2D eigenvalue weighted by Gasteiger charge is 2.18. The van der Waals surface area contributed by atoms with Gasteiger partial charge in [0.2, 0.25) is 0 Å². The topological polar surface area (TPSA) is 98.5 Å². The number of methoxy groups -OCH3 is 1. The molecule has 7 nitrogen and oxygen atoms in total. The van der Waals surface area contributed by atoms with Crippen LogP contribution in [0.3, 0.4) is 0 Å². The Kier molecular flexibility index (Phi) is 5.30. The average Bonchev–Trinajstić information content (AvgIpc) is 2.56. The minimum Gasteiger partial charge on any atom is -0.465 e. The average molecular weight is 393 g/mol. The summed E-state index contributed by atoms with van der Waals surface area (Å²) in [5.74, 6) is -1.32. The third-order valence-electron chi connectivity index (χ3n) is 3.23. The van der Waals surface area contributed by atoms with Gasteiger partial charge in [0.1, 0.15) is 0 Å². The van der Waals surface area contributed by atoms with Gasteiger partial charge in [0, 0.05) is 27.9 Å². The number of anilines is 1. The molecule has 0 unspecified atom stereocenters. The molecule has 0 aliphatic carbocycles. The number of nitrogens with zero attached hydrogens (tertiary/aromatic N) is 1. The lowest BCUT2D eigenvalue weighted by Crippen LogP contribution is -2.14. The lowest BCUT2D eigenvalue weighted by molar-refractivity contribution is -0.384. The van der Waals surface area contributed by atoms with E-state index in [1.165, 1.54) is 6.07 Å². The third-order valence-corrected chi connectivity index (χ3v) is 4.12. The summed E-state index contributed by atoms with van der Waals surface area (Å²) in [6, 6.07) is 8.63. The summed E-state index contributed by atoms with van der Waals surface area (Å²) in [7, 11) is 1.16. The number of non-ortho nitro benzene ring substituents is 1. The second-order valence-electron chi connectivity index (χ2n) is 4.94. The molecule has 0 radical (unpaired) electrons. The van der Waals surface area contributed by atoms with Crippen LogP contribution in [0.25, 0.3) is 0 Å². The Morgan fingerprint density at radius 1 is 1.17 bits per heavy atom. The van der Waals surface area contributed by atoms with Crippen LogP contribution in [0, 0.1) is 17.0 Å². The molecule has 0 spiro atoms. The Morgan fingerprint density at radius 2 is 1.83 bits per heavy atom. The molecule has 2 aromatic carbocycles. The van der Waals surface area contributed by atoms with Crippen molar-refractivity contribution in [3.8, 4) is 0 Å². The highest BCUT2D eigenvalue weighted by Crippen LogP contribution is 2.22. The number of aryl methyl sites for hydroxylation is 1. The van der Waals surface area contributed by atoms with E-state index in [0.29, 0.717) is 5.69 Å². The lowest BCUT2D eigenvalue weighted by atomic mass is 10.1. The molecule has 0 saturated carbocycles. The Morgan fingerprint density at radius 3 is 2.42 bits per heavy atom. The van der Waals surface area contributed by atoms with Crippen molar-refractivity contribution in [1.82, 2.24) is 0 Å². The van der Waals surface area contributed by atoms with E-state index in [0.717, 1.165) is 29.3 Å². The van der Waals surface area contributed by atoms with E-state index < -0.39 is 16.8 Å². The summed E-state index contributed by atoms with van der Waals surface area (Å²) >= 11 is 3.36. The maximum atomic E-state index is 12.4. The van der Waals surface area contributed by atoms with Crippen LogP contribution in [-0.4, -0.2) is 23.9 Å². The summed E-state index contributed by atoms with van der Waals surface area (Å²) < 4.78 is 5.45. The SMILES string of the molecule is COC(=O)c1cc(C(=O)Nc2ccc(Br)c(C)c2)cc([N+](=O)[O-])c1. The number of carbonyl (C=O) groups is 2. The van der Waals surface area contributed by atoms with E-state index in [1.807, 2.05) is 6.92 Å². The monoisotopic (exact) mass is 392 g/mol. The molecular weight excluding hydrogens is 380 g/mol. The van der Waals surface area contributed by atoms with Gasteiger partial charge in [-0.25, -0.2) is 4.79 Å². The van der Waals surface area contributed by atoms with Crippen molar-refractivity contribution in [2.45, 2.75) is 6.92 Å². The number of hydrogen-bond acceptors (Lipinski definition) is 5. The Hall–Kier alpha value is -2.74. The molecule has 0 aromatic heterocycles. The van der Waals surface area contributed by atoms with Gasteiger partial charge >= 0.3 is 5.97 Å². The van der Waals surface area contributed by atoms with Crippen molar-refractivity contribution in [3.05, 3.63) is 67.7 Å². The zero-order chi connectivity index (χ0) is 17.9. The van der Waals surface area contributed by atoms with Crippen LogP contribution >= 0.6 is 15.9 Å². The zero-order valence-corrected chi connectivity index (χ0v) is 14.4. The van der Waals surface area contributed by atoms with Crippen molar-refractivity contribution >= 4 is 39.2 Å². The summed E-state index contributed by atoms with van der Waals surface area (Å²) in [5, 5.41) is 13.6. The van der Waals surface area contributed by atoms with Gasteiger partial charge in [-0.2, -0.15) is 0 Å². The molecule has 2 rings (SSSR count). The van der Waals surface area contributed by atoms with Gasteiger partial charge in [-0.1, -0.05) is 15.9 Å². The molecule has 0 bridgehead atoms. The normalized spacial score (nSPS) is 10.1. The van der Waals surface area contributed by atoms with Crippen molar-refractivity contribution < 1.29 is 19.2 Å². The quantitative estimate of drug-likeness (QED) is 0.485. The fourth-order valence-corrected chi connectivity index (χ4v) is 2.26. The van der Waals surface area contributed by atoms with Crippen LogP contribution in [0.5, 0.6) is 0 Å². The lowest BCUT2D eigenvalue weighted by Gasteiger charge is -2.08. The summed E-state index contributed by atoms with van der Waals surface area (Å²) in [4.78, 5) is 34.3. The number of esters is 1. The van der Waals surface area contributed by atoms with Gasteiger partial charge in [-0.15, -0.1) is 0 Å². The maximum Gasteiger partial charge on any atom is 0.338 e. The molecule has 0 aliphatic heterocycles. The molecule has 2 aromatic rings. The first-order valence-corrected chi connectivity index (χ1v) is 7.56. The highest BCUT2D eigenvalue weighted by atomic mass is 79.9. The van der Waals surface area contributed by atoms with E-state index in [9.17, 15) is 19.7 Å². The number of carbonyl (C=O) groups excluding carboxylic acids is 2. The molecule has 0 fully saturated rings. The Bertz CT molecular complexity index is 835. The van der Waals surface area contributed by atoms with Crippen molar-refractivity contribution in [1.29, 1.82) is 0 Å². The Balaban J connectivity index is 2.37. The van der Waals surface area contributed by atoms with E-state index >= 15 is 0 Å². The van der Waals surface area contributed by atoms with Crippen molar-refractivity contribution in [3.63, 3.8) is 0 Å². The summed E-state index contributed by atoms with van der Waals surface area (Å²) in [6.07, 6.45) is 0. The van der Waals surface area contributed by atoms with E-state index in [4.69, 9.17) is 0 Å². The predicted octanol–water partition coefficient (Wildman–Crippen LogP) is 3.70. The first-order valence-electron chi connectivity index (χ1n) is 6.77. The Labute approximate surface area is 145 Å². The second-order valence-corrected chi connectivity index (χ2v) is 5.79. The minimum atomic E-state index is -0.757. The number of benzene rings is 2. The minimum absolute atomic E-state index is 0.00910. The fourth-order valence-electron chi connectivity index (χ4n) is 2.01. The molecule has 124 valence electrons. The maximum absolute atomic E-state index is 12.4. The largest absolute Gasteiger partial charge is 0.465 e. The molecule has 1 N–H and O–H groups in total. The van der Waals surface area contributed by atoms with Gasteiger partial charge in [-0.05, 0) is 36.8 Å².